The Morgan fingerprint density at radius 3 is 2.45 bits per heavy atom. The standard InChI is InChI=1S/C20H22N6O3/c1-14-11-18(24-29-14)23-20(27)17-12-19(22-13-21-17)26-9-7-25(8-10-26)15-3-5-16(28-2)6-4-15/h3-6,11-13H,7-10H2,1-2H3,(H,23,24,27). The maximum absolute atomic E-state index is 12.4. The largest absolute Gasteiger partial charge is 0.497 e. The van der Waals surface area contributed by atoms with Gasteiger partial charge in [-0.3, -0.25) is 4.79 Å². The van der Waals surface area contributed by atoms with Gasteiger partial charge in [-0.15, -0.1) is 0 Å². The van der Waals surface area contributed by atoms with Gasteiger partial charge in [-0.2, -0.15) is 0 Å². The number of hydrogen-bond acceptors (Lipinski definition) is 8. The van der Waals surface area contributed by atoms with Crippen LogP contribution in [0.2, 0.25) is 0 Å². The number of methoxy groups -OCH3 is 1. The number of anilines is 3. The number of carbonyl (C=O) groups is 1. The van der Waals surface area contributed by atoms with Crippen LogP contribution >= 0.6 is 0 Å². The van der Waals surface area contributed by atoms with Gasteiger partial charge in [0.15, 0.2) is 5.82 Å². The Kier molecular flexibility index (Phi) is 5.28. The van der Waals surface area contributed by atoms with E-state index >= 15 is 0 Å². The first-order valence-corrected chi connectivity index (χ1v) is 9.33. The molecule has 150 valence electrons. The van der Waals surface area contributed by atoms with E-state index in [4.69, 9.17) is 9.26 Å². The number of rotatable bonds is 5. The van der Waals surface area contributed by atoms with Gasteiger partial charge in [0.1, 0.15) is 29.3 Å². The quantitative estimate of drug-likeness (QED) is 0.704. The highest BCUT2D eigenvalue weighted by Gasteiger charge is 2.20. The minimum Gasteiger partial charge on any atom is -0.497 e. The third-order valence-electron chi connectivity index (χ3n) is 4.80. The summed E-state index contributed by atoms with van der Waals surface area (Å²) in [4.78, 5) is 25.3. The van der Waals surface area contributed by atoms with Gasteiger partial charge in [0, 0.05) is 44.0 Å². The van der Waals surface area contributed by atoms with Crippen LogP contribution in [0.1, 0.15) is 16.2 Å². The smallest absolute Gasteiger partial charge is 0.275 e. The lowest BCUT2D eigenvalue weighted by molar-refractivity contribution is 0.102. The fraction of sp³-hybridized carbons (Fsp3) is 0.300. The summed E-state index contributed by atoms with van der Waals surface area (Å²) in [6, 6.07) is 11.4. The molecule has 3 aromatic rings. The Morgan fingerprint density at radius 1 is 1.07 bits per heavy atom. The van der Waals surface area contributed by atoms with Crippen molar-refractivity contribution in [1.82, 2.24) is 15.1 Å². The number of piperazine rings is 1. The molecule has 1 saturated heterocycles. The number of aryl methyl sites for hydroxylation is 1. The Labute approximate surface area is 168 Å². The van der Waals surface area contributed by atoms with Crippen molar-refractivity contribution in [1.29, 1.82) is 0 Å². The molecule has 0 bridgehead atoms. The van der Waals surface area contributed by atoms with E-state index < -0.39 is 0 Å². The van der Waals surface area contributed by atoms with Gasteiger partial charge in [0.05, 0.1) is 7.11 Å². The van der Waals surface area contributed by atoms with Crippen LogP contribution in [-0.2, 0) is 0 Å². The van der Waals surface area contributed by atoms with Crippen LogP contribution in [0, 0.1) is 6.92 Å². The molecule has 0 aliphatic carbocycles. The molecule has 0 spiro atoms. The predicted octanol–water partition coefficient (Wildman–Crippen LogP) is 2.36. The average Bonchev–Trinajstić information content (AvgIpc) is 3.18. The lowest BCUT2D eigenvalue weighted by Crippen LogP contribution is -2.46. The lowest BCUT2D eigenvalue weighted by Gasteiger charge is -2.36. The molecular formula is C20H22N6O3. The molecule has 1 fully saturated rings. The normalized spacial score (nSPS) is 14.0. The fourth-order valence-electron chi connectivity index (χ4n) is 3.24. The highest BCUT2D eigenvalue weighted by molar-refractivity contribution is 6.02. The van der Waals surface area contributed by atoms with E-state index in [1.165, 1.54) is 6.33 Å². The Morgan fingerprint density at radius 2 is 1.79 bits per heavy atom. The van der Waals surface area contributed by atoms with E-state index in [1.807, 2.05) is 12.1 Å². The molecule has 4 rings (SSSR count). The molecule has 0 radical (unpaired) electrons. The summed E-state index contributed by atoms with van der Waals surface area (Å²) >= 11 is 0. The number of nitrogens with one attached hydrogen (secondary N) is 1. The van der Waals surface area contributed by atoms with Crippen LogP contribution < -0.4 is 19.9 Å². The molecule has 1 aliphatic heterocycles. The summed E-state index contributed by atoms with van der Waals surface area (Å²) in [6.07, 6.45) is 1.41. The maximum Gasteiger partial charge on any atom is 0.275 e. The first-order valence-electron chi connectivity index (χ1n) is 9.33. The maximum atomic E-state index is 12.4. The van der Waals surface area contributed by atoms with Crippen molar-refractivity contribution in [2.45, 2.75) is 6.92 Å². The lowest BCUT2D eigenvalue weighted by atomic mass is 10.2. The van der Waals surface area contributed by atoms with Crippen LogP contribution in [0.25, 0.3) is 0 Å². The van der Waals surface area contributed by atoms with E-state index in [1.54, 1.807) is 26.2 Å². The van der Waals surface area contributed by atoms with Crippen molar-refractivity contribution in [3.63, 3.8) is 0 Å². The number of aromatic nitrogens is 3. The van der Waals surface area contributed by atoms with Crippen molar-refractivity contribution in [3.8, 4) is 5.75 Å². The van der Waals surface area contributed by atoms with Crippen molar-refractivity contribution < 1.29 is 14.1 Å². The number of hydrogen-bond donors (Lipinski definition) is 1. The fourth-order valence-corrected chi connectivity index (χ4v) is 3.24. The average molecular weight is 394 g/mol. The number of carbonyl (C=O) groups excluding carboxylic acids is 1. The molecule has 1 aliphatic rings. The molecule has 9 heteroatoms. The molecule has 1 amide bonds. The molecule has 3 heterocycles. The summed E-state index contributed by atoms with van der Waals surface area (Å²) in [5, 5.41) is 6.44. The van der Waals surface area contributed by atoms with E-state index in [2.05, 4.69) is 42.4 Å². The minimum atomic E-state index is -0.348. The van der Waals surface area contributed by atoms with Gasteiger partial charge in [-0.05, 0) is 31.2 Å². The zero-order chi connectivity index (χ0) is 20.2. The van der Waals surface area contributed by atoms with E-state index in [-0.39, 0.29) is 11.6 Å². The summed E-state index contributed by atoms with van der Waals surface area (Å²) in [5.74, 6) is 2.22. The van der Waals surface area contributed by atoms with Gasteiger partial charge in [-0.1, -0.05) is 5.16 Å². The molecule has 2 aromatic heterocycles. The minimum absolute atomic E-state index is 0.285. The van der Waals surface area contributed by atoms with Crippen LogP contribution in [0.15, 0.2) is 47.2 Å². The molecule has 29 heavy (non-hydrogen) atoms. The highest BCUT2D eigenvalue weighted by Crippen LogP contribution is 2.22. The number of ether oxygens (including phenoxy) is 1. The number of benzene rings is 1. The highest BCUT2D eigenvalue weighted by atomic mass is 16.5. The van der Waals surface area contributed by atoms with Gasteiger partial charge < -0.3 is 24.4 Å². The third-order valence-corrected chi connectivity index (χ3v) is 4.80. The molecule has 1 aromatic carbocycles. The first-order chi connectivity index (χ1) is 14.1. The van der Waals surface area contributed by atoms with E-state index in [9.17, 15) is 4.79 Å². The predicted molar refractivity (Wildman–Crippen MR) is 109 cm³/mol. The van der Waals surface area contributed by atoms with Crippen LogP contribution in [0.5, 0.6) is 5.75 Å². The van der Waals surface area contributed by atoms with Gasteiger partial charge in [-0.25, -0.2) is 9.97 Å². The van der Waals surface area contributed by atoms with Gasteiger partial charge in [0.25, 0.3) is 5.91 Å². The van der Waals surface area contributed by atoms with Crippen molar-refractivity contribution >= 4 is 23.2 Å². The van der Waals surface area contributed by atoms with Crippen molar-refractivity contribution in [2.75, 3.05) is 48.4 Å². The topological polar surface area (TPSA) is 96.6 Å². The molecule has 0 saturated carbocycles. The van der Waals surface area contributed by atoms with Crippen LogP contribution in [0.4, 0.5) is 17.3 Å². The van der Waals surface area contributed by atoms with Gasteiger partial charge >= 0.3 is 0 Å². The van der Waals surface area contributed by atoms with Crippen LogP contribution in [-0.4, -0.2) is 54.3 Å². The molecule has 0 atom stereocenters. The molecule has 0 unspecified atom stereocenters. The van der Waals surface area contributed by atoms with Crippen LogP contribution in [0.3, 0.4) is 0 Å². The zero-order valence-electron chi connectivity index (χ0n) is 16.3. The third kappa shape index (κ3) is 4.29. The first kappa shape index (κ1) is 18.7. The summed E-state index contributed by atoms with van der Waals surface area (Å²) < 4.78 is 10.2. The SMILES string of the molecule is COc1ccc(N2CCN(c3cc(C(=O)Nc4cc(C)on4)ncn3)CC2)cc1. The monoisotopic (exact) mass is 394 g/mol. The summed E-state index contributed by atoms with van der Waals surface area (Å²) in [6.45, 7) is 5.07. The summed E-state index contributed by atoms with van der Waals surface area (Å²) in [5.41, 5.74) is 1.45. The molecule has 1 N–H and O–H groups in total. The Bertz CT molecular complexity index is 980. The Balaban J connectivity index is 1.39. The molecular weight excluding hydrogens is 372 g/mol. The molecule has 9 nitrogen and oxygen atoms in total. The number of nitrogens with zero attached hydrogens (tertiary/aromatic N) is 5. The van der Waals surface area contributed by atoms with Crippen molar-refractivity contribution in [2.24, 2.45) is 0 Å². The number of amides is 1. The second-order valence-corrected chi connectivity index (χ2v) is 6.71. The second kappa shape index (κ2) is 8.17. The van der Waals surface area contributed by atoms with Gasteiger partial charge in [0.2, 0.25) is 0 Å². The van der Waals surface area contributed by atoms with E-state index in [0.717, 1.165) is 43.4 Å². The van der Waals surface area contributed by atoms with E-state index in [0.29, 0.717) is 11.6 Å². The van der Waals surface area contributed by atoms with Crippen molar-refractivity contribution in [3.05, 3.63) is 54.2 Å². The zero-order valence-corrected chi connectivity index (χ0v) is 16.3. The second-order valence-electron chi connectivity index (χ2n) is 6.71. The summed E-state index contributed by atoms with van der Waals surface area (Å²) in [7, 11) is 1.66. The Hall–Kier alpha value is -3.62.